The number of Topliss-reactive ketones (excluding diaryl/α,β-unsaturated/α-hetero) is 1. The number of ketones is 1. The molecule has 1 fully saturated rings. The first kappa shape index (κ1) is 15.2. The molecule has 1 saturated heterocycles. The van der Waals surface area contributed by atoms with Crippen LogP contribution in [-0.4, -0.2) is 42.4 Å². The minimum Gasteiger partial charge on any atom is -0.466 e. The van der Waals surface area contributed by atoms with Crippen LogP contribution in [0.25, 0.3) is 0 Å². The molecule has 0 aromatic carbocycles. The summed E-state index contributed by atoms with van der Waals surface area (Å²) in [5.74, 6) is 0.626. The topological polar surface area (TPSA) is 46.6 Å². The second-order valence-electron chi connectivity index (χ2n) is 5.29. The molecule has 0 amide bonds. The maximum atomic E-state index is 11.8. The standard InChI is InChI=1S/C14H25NO3/c1-4-18-14(17)6-5-13(16)10-15-8-7-11(2)9-12(15)3/h11-12H,4-10H2,1-3H3. The molecule has 0 bridgehead atoms. The summed E-state index contributed by atoms with van der Waals surface area (Å²) in [4.78, 5) is 25.2. The second-order valence-corrected chi connectivity index (χ2v) is 5.29. The van der Waals surface area contributed by atoms with Crippen LogP contribution in [0.15, 0.2) is 0 Å². The van der Waals surface area contributed by atoms with Crippen molar-refractivity contribution in [2.45, 2.75) is 52.5 Å². The Hall–Kier alpha value is -0.900. The lowest BCUT2D eigenvalue weighted by Gasteiger charge is -2.35. The van der Waals surface area contributed by atoms with Gasteiger partial charge in [-0.1, -0.05) is 6.92 Å². The van der Waals surface area contributed by atoms with Crippen molar-refractivity contribution in [3.63, 3.8) is 0 Å². The van der Waals surface area contributed by atoms with Crippen LogP contribution in [0, 0.1) is 5.92 Å². The Kier molecular flexibility index (Phi) is 6.33. The molecular weight excluding hydrogens is 230 g/mol. The Morgan fingerprint density at radius 1 is 1.28 bits per heavy atom. The van der Waals surface area contributed by atoms with E-state index in [9.17, 15) is 9.59 Å². The van der Waals surface area contributed by atoms with Crippen molar-refractivity contribution in [3.05, 3.63) is 0 Å². The minimum absolute atomic E-state index is 0.143. The third-order valence-electron chi connectivity index (χ3n) is 3.57. The smallest absolute Gasteiger partial charge is 0.306 e. The Balaban J connectivity index is 2.25. The molecule has 0 radical (unpaired) electrons. The molecule has 1 rings (SSSR count). The van der Waals surface area contributed by atoms with Crippen LogP contribution in [0.4, 0.5) is 0 Å². The lowest BCUT2D eigenvalue weighted by molar-refractivity contribution is -0.144. The first-order valence-corrected chi connectivity index (χ1v) is 6.94. The van der Waals surface area contributed by atoms with Crippen LogP contribution in [0.5, 0.6) is 0 Å². The van der Waals surface area contributed by atoms with E-state index >= 15 is 0 Å². The van der Waals surface area contributed by atoms with Gasteiger partial charge < -0.3 is 4.74 Å². The number of likely N-dealkylation sites (tertiary alicyclic amines) is 1. The fourth-order valence-corrected chi connectivity index (χ4v) is 2.47. The summed E-state index contributed by atoms with van der Waals surface area (Å²) in [6, 6.07) is 0.472. The van der Waals surface area contributed by atoms with E-state index < -0.39 is 0 Å². The van der Waals surface area contributed by atoms with Crippen molar-refractivity contribution in [2.75, 3.05) is 19.7 Å². The Morgan fingerprint density at radius 3 is 2.61 bits per heavy atom. The molecule has 2 unspecified atom stereocenters. The minimum atomic E-state index is -0.272. The Labute approximate surface area is 110 Å². The molecule has 104 valence electrons. The molecule has 0 saturated carbocycles. The summed E-state index contributed by atoms with van der Waals surface area (Å²) >= 11 is 0. The van der Waals surface area contributed by atoms with Crippen molar-refractivity contribution >= 4 is 11.8 Å². The van der Waals surface area contributed by atoms with Crippen molar-refractivity contribution in [1.82, 2.24) is 4.90 Å². The summed E-state index contributed by atoms with van der Waals surface area (Å²) in [6.45, 7) is 8.07. The van der Waals surface area contributed by atoms with Crippen LogP contribution in [-0.2, 0) is 14.3 Å². The fourth-order valence-electron chi connectivity index (χ4n) is 2.47. The molecule has 4 nitrogen and oxygen atoms in total. The average molecular weight is 255 g/mol. The van der Waals surface area contributed by atoms with Gasteiger partial charge in [-0.05, 0) is 39.2 Å². The van der Waals surface area contributed by atoms with E-state index in [0.717, 1.165) is 25.3 Å². The van der Waals surface area contributed by atoms with Crippen LogP contribution in [0.2, 0.25) is 0 Å². The van der Waals surface area contributed by atoms with Gasteiger partial charge in [-0.2, -0.15) is 0 Å². The molecule has 1 heterocycles. The number of piperidine rings is 1. The predicted molar refractivity (Wildman–Crippen MR) is 70.3 cm³/mol. The summed E-state index contributed by atoms with van der Waals surface area (Å²) < 4.78 is 4.81. The number of ether oxygens (including phenoxy) is 1. The highest BCUT2D eigenvalue weighted by Crippen LogP contribution is 2.21. The number of carbonyl (C=O) groups is 2. The third kappa shape index (κ3) is 5.17. The maximum Gasteiger partial charge on any atom is 0.306 e. The molecule has 0 aliphatic carbocycles. The maximum absolute atomic E-state index is 11.8. The zero-order valence-electron chi connectivity index (χ0n) is 11.8. The summed E-state index contributed by atoms with van der Waals surface area (Å²) in [5.41, 5.74) is 0. The van der Waals surface area contributed by atoms with Gasteiger partial charge in [-0.15, -0.1) is 0 Å². The van der Waals surface area contributed by atoms with E-state index in [2.05, 4.69) is 18.7 Å². The quantitative estimate of drug-likeness (QED) is 0.681. The summed E-state index contributed by atoms with van der Waals surface area (Å²) in [5, 5.41) is 0. The van der Waals surface area contributed by atoms with Crippen LogP contribution < -0.4 is 0 Å². The van der Waals surface area contributed by atoms with Gasteiger partial charge in [0.05, 0.1) is 19.6 Å². The Morgan fingerprint density at radius 2 is 2.00 bits per heavy atom. The highest BCUT2D eigenvalue weighted by Gasteiger charge is 2.24. The van der Waals surface area contributed by atoms with Crippen LogP contribution >= 0.6 is 0 Å². The first-order chi connectivity index (χ1) is 8.52. The van der Waals surface area contributed by atoms with Crippen molar-refractivity contribution < 1.29 is 14.3 Å². The predicted octanol–water partition coefficient (Wildman–Crippen LogP) is 2.02. The van der Waals surface area contributed by atoms with Crippen molar-refractivity contribution in [2.24, 2.45) is 5.92 Å². The molecule has 0 N–H and O–H groups in total. The van der Waals surface area contributed by atoms with E-state index in [0.29, 0.717) is 25.6 Å². The van der Waals surface area contributed by atoms with Gasteiger partial charge in [0.25, 0.3) is 0 Å². The fraction of sp³-hybridized carbons (Fsp3) is 0.857. The van der Waals surface area contributed by atoms with Gasteiger partial charge in [0.2, 0.25) is 0 Å². The highest BCUT2D eigenvalue weighted by atomic mass is 16.5. The number of rotatable bonds is 6. The molecule has 0 aromatic rings. The number of hydrogen-bond acceptors (Lipinski definition) is 4. The van der Waals surface area contributed by atoms with Gasteiger partial charge in [0.15, 0.2) is 0 Å². The third-order valence-corrected chi connectivity index (χ3v) is 3.57. The largest absolute Gasteiger partial charge is 0.466 e. The van der Waals surface area contributed by atoms with Gasteiger partial charge in [-0.3, -0.25) is 14.5 Å². The number of carbonyl (C=O) groups excluding carboxylic acids is 2. The molecule has 4 heteroatoms. The van der Waals surface area contributed by atoms with E-state index in [4.69, 9.17) is 4.74 Å². The molecule has 18 heavy (non-hydrogen) atoms. The van der Waals surface area contributed by atoms with E-state index in [-0.39, 0.29) is 18.2 Å². The molecular formula is C14H25NO3. The van der Waals surface area contributed by atoms with Gasteiger partial charge in [0, 0.05) is 12.5 Å². The molecule has 2 atom stereocenters. The lowest BCUT2D eigenvalue weighted by Crippen LogP contribution is -2.43. The lowest BCUT2D eigenvalue weighted by atomic mass is 9.93. The van der Waals surface area contributed by atoms with E-state index in [1.165, 1.54) is 0 Å². The van der Waals surface area contributed by atoms with E-state index in [1.807, 2.05) is 0 Å². The molecule has 1 aliphatic heterocycles. The van der Waals surface area contributed by atoms with Crippen LogP contribution in [0.3, 0.4) is 0 Å². The molecule has 1 aliphatic rings. The molecule has 0 aromatic heterocycles. The van der Waals surface area contributed by atoms with Gasteiger partial charge in [-0.25, -0.2) is 0 Å². The summed E-state index contributed by atoms with van der Waals surface area (Å²) in [7, 11) is 0. The number of hydrogen-bond donors (Lipinski definition) is 0. The first-order valence-electron chi connectivity index (χ1n) is 6.94. The van der Waals surface area contributed by atoms with Crippen molar-refractivity contribution in [1.29, 1.82) is 0 Å². The number of nitrogens with zero attached hydrogens (tertiary/aromatic N) is 1. The zero-order valence-corrected chi connectivity index (χ0v) is 11.8. The van der Waals surface area contributed by atoms with Crippen LogP contribution in [0.1, 0.15) is 46.5 Å². The molecule has 0 spiro atoms. The average Bonchev–Trinajstić information content (AvgIpc) is 2.31. The zero-order chi connectivity index (χ0) is 13.5. The Bertz CT molecular complexity index is 291. The monoisotopic (exact) mass is 255 g/mol. The SMILES string of the molecule is CCOC(=O)CCC(=O)CN1CCC(C)CC1C. The van der Waals surface area contributed by atoms with Crippen molar-refractivity contribution in [3.8, 4) is 0 Å². The van der Waals surface area contributed by atoms with E-state index in [1.54, 1.807) is 6.92 Å². The highest BCUT2D eigenvalue weighted by molar-refractivity contribution is 5.84. The van der Waals surface area contributed by atoms with Gasteiger partial charge in [0.1, 0.15) is 5.78 Å². The number of esters is 1. The summed E-state index contributed by atoms with van der Waals surface area (Å²) in [6.07, 6.45) is 2.84. The van der Waals surface area contributed by atoms with Gasteiger partial charge >= 0.3 is 5.97 Å². The normalized spacial score (nSPS) is 24.8. The second kappa shape index (κ2) is 7.52.